The molecule has 0 bridgehead atoms. The third-order valence-electron chi connectivity index (χ3n) is 3.58. The zero-order valence-corrected chi connectivity index (χ0v) is 15.2. The van der Waals surface area contributed by atoms with E-state index in [0.717, 1.165) is 11.1 Å². The van der Waals surface area contributed by atoms with Crippen LogP contribution in [0.5, 0.6) is 0 Å². The van der Waals surface area contributed by atoms with E-state index in [0.29, 0.717) is 16.1 Å². The van der Waals surface area contributed by atoms with Crippen LogP contribution in [0.1, 0.15) is 11.1 Å². The van der Waals surface area contributed by atoms with Crippen LogP contribution in [-0.2, 0) is 26.7 Å². The largest absolute Gasteiger partial charge is 0.468 e. The highest BCUT2D eigenvalue weighted by Gasteiger charge is 2.18. The standard InChI is InChI=1S/C17H19ClNO5P/c1-24-17(20)16(19)9-11-6-12(10-25(21,22)23)8-14(7-11)13-2-4-15(18)5-3-13/h2-8,16H,9-10,19H2,1H3,(H2,21,22,23). The molecule has 0 radical (unpaired) electrons. The maximum Gasteiger partial charge on any atom is 0.329 e. The van der Waals surface area contributed by atoms with Crippen molar-refractivity contribution in [3.8, 4) is 11.1 Å². The Labute approximate surface area is 150 Å². The minimum absolute atomic E-state index is 0.197. The SMILES string of the molecule is COC(=O)C(N)Cc1cc(CP(=O)(O)O)cc(-c2ccc(Cl)cc2)c1. The Morgan fingerprint density at radius 1 is 1.16 bits per heavy atom. The smallest absolute Gasteiger partial charge is 0.329 e. The number of carbonyl (C=O) groups is 1. The van der Waals surface area contributed by atoms with Crippen LogP contribution in [0.3, 0.4) is 0 Å². The first-order valence-electron chi connectivity index (χ1n) is 7.45. The molecule has 0 fully saturated rings. The molecule has 0 amide bonds. The molecule has 0 saturated heterocycles. The van der Waals surface area contributed by atoms with Crippen molar-refractivity contribution in [1.82, 2.24) is 0 Å². The number of methoxy groups -OCH3 is 1. The Balaban J connectivity index is 2.42. The van der Waals surface area contributed by atoms with Crippen LogP contribution in [0.25, 0.3) is 11.1 Å². The summed E-state index contributed by atoms with van der Waals surface area (Å²) in [6, 6.07) is 11.4. The molecule has 1 unspecified atom stereocenters. The quantitative estimate of drug-likeness (QED) is 0.522. The maximum absolute atomic E-state index is 11.5. The molecule has 0 aliphatic heterocycles. The fourth-order valence-corrected chi connectivity index (χ4v) is 3.29. The molecule has 4 N–H and O–H groups in total. The second kappa shape index (κ2) is 8.13. The molecule has 8 heteroatoms. The first-order valence-corrected chi connectivity index (χ1v) is 9.62. The summed E-state index contributed by atoms with van der Waals surface area (Å²) >= 11 is 5.90. The molecular formula is C17H19ClNO5P. The Kier molecular flexibility index (Phi) is 6.38. The van der Waals surface area contributed by atoms with Crippen molar-refractivity contribution < 1.29 is 23.9 Å². The van der Waals surface area contributed by atoms with Gasteiger partial charge in [-0.15, -0.1) is 0 Å². The van der Waals surface area contributed by atoms with E-state index in [1.807, 2.05) is 18.2 Å². The van der Waals surface area contributed by atoms with Crippen molar-refractivity contribution in [2.45, 2.75) is 18.6 Å². The summed E-state index contributed by atoms with van der Waals surface area (Å²) < 4.78 is 16.0. The van der Waals surface area contributed by atoms with Crippen molar-refractivity contribution in [3.63, 3.8) is 0 Å². The fraction of sp³-hybridized carbons (Fsp3) is 0.235. The van der Waals surface area contributed by atoms with Gasteiger partial charge >= 0.3 is 13.6 Å². The summed E-state index contributed by atoms with van der Waals surface area (Å²) in [5, 5.41) is 0.586. The van der Waals surface area contributed by atoms with Crippen molar-refractivity contribution in [1.29, 1.82) is 0 Å². The van der Waals surface area contributed by atoms with Crippen LogP contribution in [0, 0.1) is 0 Å². The molecule has 25 heavy (non-hydrogen) atoms. The summed E-state index contributed by atoms with van der Waals surface area (Å²) in [4.78, 5) is 30.1. The van der Waals surface area contributed by atoms with Crippen molar-refractivity contribution >= 4 is 25.2 Å². The second-order valence-corrected chi connectivity index (χ2v) is 7.78. The third kappa shape index (κ3) is 5.96. The van der Waals surface area contributed by atoms with Gasteiger partial charge < -0.3 is 20.3 Å². The van der Waals surface area contributed by atoms with E-state index in [9.17, 15) is 19.1 Å². The molecule has 2 aromatic rings. The van der Waals surface area contributed by atoms with Crippen molar-refractivity contribution in [2.75, 3.05) is 7.11 Å². The molecule has 0 saturated carbocycles. The van der Waals surface area contributed by atoms with Gasteiger partial charge in [-0.1, -0.05) is 41.9 Å². The van der Waals surface area contributed by atoms with Gasteiger partial charge in [-0.25, -0.2) is 0 Å². The van der Waals surface area contributed by atoms with Crippen molar-refractivity contribution in [3.05, 3.63) is 58.6 Å². The lowest BCUT2D eigenvalue weighted by atomic mass is 9.97. The van der Waals surface area contributed by atoms with Gasteiger partial charge in [0, 0.05) is 5.02 Å². The van der Waals surface area contributed by atoms with Gasteiger partial charge in [0.05, 0.1) is 13.3 Å². The number of esters is 1. The molecule has 2 aromatic carbocycles. The van der Waals surface area contributed by atoms with E-state index in [-0.39, 0.29) is 6.42 Å². The molecule has 0 aliphatic rings. The van der Waals surface area contributed by atoms with E-state index in [1.54, 1.807) is 24.3 Å². The topological polar surface area (TPSA) is 110 Å². The average Bonchev–Trinajstić information content (AvgIpc) is 2.52. The minimum atomic E-state index is -4.23. The van der Waals surface area contributed by atoms with Gasteiger partial charge in [-0.3, -0.25) is 9.36 Å². The number of hydrogen-bond acceptors (Lipinski definition) is 4. The number of halogens is 1. The van der Waals surface area contributed by atoms with Gasteiger partial charge in [0.2, 0.25) is 0 Å². The zero-order valence-electron chi connectivity index (χ0n) is 13.6. The van der Waals surface area contributed by atoms with Gasteiger partial charge in [-0.2, -0.15) is 0 Å². The molecular weight excluding hydrogens is 365 g/mol. The number of hydrogen-bond donors (Lipinski definition) is 3. The minimum Gasteiger partial charge on any atom is -0.468 e. The summed E-state index contributed by atoms with van der Waals surface area (Å²) in [7, 11) is -2.97. The monoisotopic (exact) mass is 383 g/mol. The first-order chi connectivity index (χ1) is 11.7. The van der Waals surface area contributed by atoms with E-state index in [2.05, 4.69) is 4.74 Å². The average molecular weight is 384 g/mol. The molecule has 0 heterocycles. The number of carbonyl (C=O) groups excluding carboxylic acids is 1. The van der Waals surface area contributed by atoms with Crippen LogP contribution in [0.15, 0.2) is 42.5 Å². The highest BCUT2D eigenvalue weighted by molar-refractivity contribution is 7.50. The predicted molar refractivity (Wildman–Crippen MR) is 96.3 cm³/mol. The lowest BCUT2D eigenvalue weighted by molar-refractivity contribution is -0.142. The Bertz CT molecular complexity index is 803. The fourth-order valence-electron chi connectivity index (χ4n) is 2.51. The lowest BCUT2D eigenvalue weighted by Crippen LogP contribution is -2.33. The van der Waals surface area contributed by atoms with E-state index < -0.39 is 25.8 Å². The number of benzene rings is 2. The molecule has 2 rings (SSSR count). The van der Waals surface area contributed by atoms with Crippen LogP contribution in [0.4, 0.5) is 0 Å². The Morgan fingerprint density at radius 2 is 1.76 bits per heavy atom. The molecule has 6 nitrogen and oxygen atoms in total. The molecule has 0 aromatic heterocycles. The Morgan fingerprint density at radius 3 is 2.32 bits per heavy atom. The molecule has 134 valence electrons. The third-order valence-corrected chi connectivity index (χ3v) is 4.61. The lowest BCUT2D eigenvalue weighted by Gasteiger charge is -2.14. The predicted octanol–water partition coefficient (Wildman–Crippen LogP) is 2.73. The molecule has 0 spiro atoms. The maximum atomic E-state index is 11.5. The van der Waals surface area contributed by atoms with E-state index in [4.69, 9.17) is 17.3 Å². The number of nitrogens with two attached hydrogens (primary N) is 1. The number of rotatable bonds is 6. The van der Waals surface area contributed by atoms with E-state index in [1.165, 1.54) is 7.11 Å². The van der Waals surface area contributed by atoms with Crippen LogP contribution in [-0.4, -0.2) is 28.9 Å². The highest BCUT2D eigenvalue weighted by atomic mass is 35.5. The van der Waals surface area contributed by atoms with Crippen LogP contribution >= 0.6 is 19.2 Å². The number of ether oxygens (including phenoxy) is 1. The first kappa shape index (κ1) is 19.6. The van der Waals surface area contributed by atoms with Gasteiger partial charge in [0.15, 0.2) is 0 Å². The van der Waals surface area contributed by atoms with Gasteiger partial charge in [-0.05, 0) is 40.8 Å². The van der Waals surface area contributed by atoms with Gasteiger partial charge in [0.25, 0.3) is 0 Å². The van der Waals surface area contributed by atoms with Crippen LogP contribution in [0.2, 0.25) is 5.02 Å². The van der Waals surface area contributed by atoms with Gasteiger partial charge in [0.1, 0.15) is 6.04 Å². The normalized spacial score (nSPS) is 12.7. The Hall–Kier alpha value is -1.69. The summed E-state index contributed by atoms with van der Waals surface area (Å²) in [6.07, 6.45) is -0.197. The van der Waals surface area contributed by atoms with Crippen LogP contribution < -0.4 is 5.73 Å². The zero-order chi connectivity index (χ0) is 18.6. The summed E-state index contributed by atoms with van der Waals surface area (Å²) in [6.45, 7) is 0. The highest BCUT2D eigenvalue weighted by Crippen LogP contribution is 2.40. The van der Waals surface area contributed by atoms with Crippen molar-refractivity contribution in [2.24, 2.45) is 5.73 Å². The van der Waals surface area contributed by atoms with E-state index >= 15 is 0 Å². The molecule has 1 atom stereocenters. The molecule has 0 aliphatic carbocycles. The second-order valence-electron chi connectivity index (χ2n) is 5.70. The summed E-state index contributed by atoms with van der Waals surface area (Å²) in [5.41, 5.74) is 8.55. The summed E-state index contributed by atoms with van der Waals surface area (Å²) in [5.74, 6) is -0.548.